The number of hydrogen-bond donors (Lipinski definition) is 1. The van der Waals surface area contributed by atoms with Crippen molar-refractivity contribution in [2.45, 2.75) is 25.3 Å². The summed E-state index contributed by atoms with van der Waals surface area (Å²) in [7, 11) is 0. The van der Waals surface area contributed by atoms with Crippen LogP contribution in [0.4, 0.5) is 17.6 Å². The second kappa shape index (κ2) is 5.73. The third kappa shape index (κ3) is 3.24. The summed E-state index contributed by atoms with van der Waals surface area (Å²) in [5.74, 6) is -4.20. The summed E-state index contributed by atoms with van der Waals surface area (Å²) in [5, 5.41) is 2.31. The fourth-order valence-electron chi connectivity index (χ4n) is 1.33. The number of alkyl halides is 4. The van der Waals surface area contributed by atoms with E-state index in [4.69, 9.17) is 23.2 Å². The molecule has 0 amide bonds. The lowest BCUT2D eigenvalue weighted by atomic mass is 10.0. The molecule has 1 heterocycles. The van der Waals surface area contributed by atoms with Crippen molar-refractivity contribution < 1.29 is 17.6 Å². The molecule has 1 unspecified atom stereocenters. The zero-order valence-corrected chi connectivity index (χ0v) is 10.9. The van der Waals surface area contributed by atoms with Gasteiger partial charge in [-0.25, -0.2) is 8.78 Å². The second-order valence-corrected chi connectivity index (χ2v) is 5.53. The Morgan fingerprint density at radius 3 is 2.35 bits per heavy atom. The highest BCUT2D eigenvalue weighted by atomic mass is 35.5. The minimum atomic E-state index is -4.20. The van der Waals surface area contributed by atoms with Crippen LogP contribution in [0.15, 0.2) is 6.07 Å². The number of rotatable bonds is 5. The molecule has 1 atom stereocenters. The Labute approximate surface area is 110 Å². The lowest BCUT2D eigenvalue weighted by Gasteiger charge is -2.26. The molecule has 98 valence electrons. The van der Waals surface area contributed by atoms with E-state index in [-0.39, 0.29) is 20.8 Å². The molecule has 0 saturated heterocycles. The molecule has 0 spiro atoms. The zero-order valence-electron chi connectivity index (χ0n) is 8.62. The minimum absolute atomic E-state index is 0.0127. The van der Waals surface area contributed by atoms with Crippen molar-refractivity contribution in [3.8, 4) is 0 Å². The zero-order chi connectivity index (χ0) is 13.2. The molecule has 0 aliphatic heterocycles. The summed E-state index contributed by atoms with van der Waals surface area (Å²) in [4.78, 5) is 0. The predicted octanol–water partition coefficient (Wildman–Crippen LogP) is 4.61. The lowest BCUT2D eigenvalue weighted by Crippen LogP contribution is -2.42. The van der Waals surface area contributed by atoms with Crippen molar-refractivity contribution in [2.24, 2.45) is 0 Å². The first-order valence-electron chi connectivity index (χ1n) is 4.64. The van der Waals surface area contributed by atoms with Gasteiger partial charge in [-0.05, 0) is 12.6 Å². The summed E-state index contributed by atoms with van der Waals surface area (Å²) in [6.45, 7) is 1.65. The Kier molecular flexibility index (Phi) is 5.07. The van der Waals surface area contributed by atoms with E-state index in [1.54, 1.807) is 0 Å². The Bertz CT molecular complexity index is 383. The summed E-state index contributed by atoms with van der Waals surface area (Å²) < 4.78 is 51.6. The molecule has 0 fully saturated rings. The van der Waals surface area contributed by atoms with Gasteiger partial charge >= 0.3 is 12.3 Å². The Balaban J connectivity index is 3.13. The van der Waals surface area contributed by atoms with Crippen LogP contribution in [0.5, 0.6) is 0 Å². The molecule has 0 aliphatic rings. The first-order chi connectivity index (χ1) is 7.80. The van der Waals surface area contributed by atoms with Gasteiger partial charge in [0.05, 0.1) is 8.67 Å². The topological polar surface area (TPSA) is 12.0 Å². The van der Waals surface area contributed by atoms with E-state index in [2.05, 4.69) is 5.32 Å². The van der Waals surface area contributed by atoms with Crippen molar-refractivity contribution in [3.63, 3.8) is 0 Å². The van der Waals surface area contributed by atoms with Gasteiger partial charge in [0.25, 0.3) is 0 Å². The van der Waals surface area contributed by atoms with Crippen LogP contribution in [0.2, 0.25) is 8.67 Å². The van der Waals surface area contributed by atoms with Gasteiger partial charge in [0, 0.05) is 5.56 Å². The van der Waals surface area contributed by atoms with Crippen molar-refractivity contribution in [2.75, 3.05) is 6.54 Å². The van der Waals surface area contributed by atoms with Crippen molar-refractivity contribution in [1.82, 2.24) is 5.32 Å². The molecule has 0 aromatic carbocycles. The maximum absolute atomic E-state index is 13.4. The quantitative estimate of drug-likeness (QED) is 0.783. The highest BCUT2D eigenvalue weighted by Crippen LogP contribution is 2.43. The van der Waals surface area contributed by atoms with E-state index in [0.29, 0.717) is 0 Å². The Hall–Kier alpha value is -0.0400. The molecule has 1 aromatic rings. The van der Waals surface area contributed by atoms with E-state index >= 15 is 0 Å². The summed E-state index contributed by atoms with van der Waals surface area (Å²) in [6, 6.07) is -0.665. The van der Waals surface area contributed by atoms with E-state index in [1.165, 1.54) is 13.0 Å². The maximum atomic E-state index is 13.4. The molecule has 8 heteroatoms. The molecule has 0 saturated carbocycles. The second-order valence-electron chi connectivity index (χ2n) is 3.25. The third-order valence-electron chi connectivity index (χ3n) is 2.08. The van der Waals surface area contributed by atoms with E-state index in [1.807, 2.05) is 0 Å². The molecule has 1 N–H and O–H groups in total. The number of hydrogen-bond acceptors (Lipinski definition) is 2. The molecule has 0 radical (unpaired) electrons. The fourth-order valence-corrected chi connectivity index (χ4v) is 2.87. The van der Waals surface area contributed by atoms with Crippen molar-refractivity contribution in [1.29, 1.82) is 0 Å². The van der Waals surface area contributed by atoms with Gasteiger partial charge in [-0.15, -0.1) is 11.3 Å². The van der Waals surface area contributed by atoms with Gasteiger partial charge in [0.1, 0.15) is 6.04 Å². The van der Waals surface area contributed by atoms with Gasteiger partial charge in [0.15, 0.2) is 0 Å². The molecular formula is C9H9Cl2F4NS. The van der Waals surface area contributed by atoms with Crippen LogP contribution in [0.3, 0.4) is 0 Å². The first-order valence-corrected chi connectivity index (χ1v) is 6.22. The molecule has 1 aromatic heterocycles. The Morgan fingerprint density at radius 1 is 1.41 bits per heavy atom. The normalized spacial score (nSPS) is 14.4. The van der Waals surface area contributed by atoms with Crippen LogP contribution in [-0.4, -0.2) is 18.9 Å². The summed E-state index contributed by atoms with van der Waals surface area (Å²) in [6.07, 6.45) is -3.78. The van der Waals surface area contributed by atoms with Crippen LogP contribution in [-0.2, 0) is 0 Å². The minimum Gasteiger partial charge on any atom is -0.305 e. The SMILES string of the molecule is CCNC(c1cc(Cl)sc1Cl)C(F)(F)C(F)F. The molecule has 0 bridgehead atoms. The predicted molar refractivity (Wildman–Crippen MR) is 61.7 cm³/mol. The van der Waals surface area contributed by atoms with E-state index < -0.39 is 18.4 Å². The van der Waals surface area contributed by atoms with Crippen LogP contribution in [0.1, 0.15) is 18.5 Å². The molecule has 1 rings (SSSR count). The van der Waals surface area contributed by atoms with Gasteiger partial charge < -0.3 is 5.32 Å². The van der Waals surface area contributed by atoms with Gasteiger partial charge in [-0.3, -0.25) is 0 Å². The Morgan fingerprint density at radius 2 is 2.00 bits per heavy atom. The van der Waals surface area contributed by atoms with Crippen LogP contribution < -0.4 is 5.32 Å². The molecular weight excluding hydrogens is 301 g/mol. The highest BCUT2D eigenvalue weighted by Gasteiger charge is 2.50. The van der Waals surface area contributed by atoms with Crippen molar-refractivity contribution >= 4 is 34.5 Å². The summed E-state index contributed by atoms with van der Waals surface area (Å²) in [5.41, 5.74) is -0.103. The standard InChI is InChI=1S/C9H9Cl2F4NS/c1-2-16-6(9(14,15)8(12)13)4-3-5(10)17-7(4)11/h3,6,8,16H,2H2,1H3. The molecule has 17 heavy (non-hydrogen) atoms. The summed E-state index contributed by atoms with van der Waals surface area (Å²) >= 11 is 12.2. The van der Waals surface area contributed by atoms with Gasteiger partial charge in [0.2, 0.25) is 0 Å². The first kappa shape index (κ1) is 15.0. The van der Waals surface area contributed by atoms with Crippen LogP contribution >= 0.6 is 34.5 Å². The highest BCUT2D eigenvalue weighted by molar-refractivity contribution is 7.20. The lowest BCUT2D eigenvalue weighted by molar-refractivity contribution is -0.151. The third-order valence-corrected chi connectivity index (χ3v) is 3.60. The maximum Gasteiger partial charge on any atom is 0.326 e. The average Bonchev–Trinajstić information content (AvgIpc) is 2.53. The number of thiophene rings is 1. The van der Waals surface area contributed by atoms with Crippen LogP contribution in [0, 0.1) is 0 Å². The largest absolute Gasteiger partial charge is 0.326 e. The monoisotopic (exact) mass is 309 g/mol. The number of halogens is 6. The van der Waals surface area contributed by atoms with Crippen LogP contribution in [0.25, 0.3) is 0 Å². The number of nitrogens with one attached hydrogen (secondary N) is 1. The average molecular weight is 310 g/mol. The van der Waals surface area contributed by atoms with E-state index in [0.717, 1.165) is 11.3 Å². The smallest absolute Gasteiger partial charge is 0.305 e. The fraction of sp³-hybridized carbons (Fsp3) is 0.556. The van der Waals surface area contributed by atoms with Gasteiger partial charge in [-0.1, -0.05) is 30.1 Å². The van der Waals surface area contributed by atoms with Gasteiger partial charge in [-0.2, -0.15) is 8.78 Å². The molecule has 1 nitrogen and oxygen atoms in total. The van der Waals surface area contributed by atoms with Crippen molar-refractivity contribution in [3.05, 3.63) is 20.3 Å². The van der Waals surface area contributed by atoms with E-state index in [9.17, 15) is 17.6 Å². The molecule has 0 aliphatic carbocycles.